The molecule has 2 atom stereocenters. The van der Waals surface area contributed by atoms with Crippen molar-refractivity contribution in [3.8, 4) is 5.75 Å². The van der Waals surface area contributed by atoms with Crippen molar-refractivity contribution >= 4 is 28.6 Å². The number of fused-ring (bicyclic) bond motifs is 1. The first-order valence-corrected chi connectivity index (χ1v) is 13.4. The fourth-order valence-corrected chi connectivity index (χ4v) is 6.32. The summed E-state index contributed by atoms with van der Waals surface area (Å²) in [5.74, 6) is 0.903. The zero-order valence-electron chi connectivity index (χ0n) is 22.1. The lowest BCUT2D eigenvalue weighted by Crippen LogP contribution is -2.35. The van der Waals surface area contributed by atoms with Crippen molar-refractivity contribution in [1.82, 2.24) is 14.5 Å². The predicted molar refractivity (Wildman–Crippen MR) is 142 cm³/mol. The second-order valence-corrected chi connectivity index (χ2v) is 11.6. The molecule has 0 unspecified atom stereocenters. The van der Waals surface area contributed by atoms with Gasteiger partial charge in [0.05, 0.1) is 11.0 Å². The van der Waals surface area contributed by atoms with Crippen LogP contribution in [0.3, 0.4) is 0 Å². The van der Waals surface area contributed by atoms with Crippen molar-refractivity contribution in [3.05, 3.63) is 48.0 Å². The summed E-state index contributed by atoms with van der Waals surface area (Å²) < 4.78 is 44.0. The van der Waals surface area contributed by atoms with Crippen molar-refractivity contribution in [2.75, 3.05) is 18.4 Å². The van der Waals surface area contributed by atoms with E-state index >= 15 is 0 Å². The Kier molecular flexibility index (Phi) is 7.05. The summed E-state index contributed by atoms with van der Waals surface area (Å²) in [6.07, 6.45) is 1.55. The summed E-state index contributed by atoms with van der Waals surface area (Å²) in [5.41, 5.74) is 3.07. The Morgan fingerprint density at radius 2 is 1.76 bits per heavy atom. The molecule has 3 aromatic rings. The number of halogens is 3. The summed E-state index contributed by atoms with van der Waals surface area (Å²) in [7, 11) is 0. The first-order chi connectivity index (χ1) is 18.0. The van der Waals surface area contributed by atoms with Gasteiger partial charge in [-0.25, -0.2) is 4.98 Å². The number of imidazole rings is 1. The van der Waals surface area contributed by atoms with Gasteiger partial charge in [-0.2, -0.15) is 0 Å². The van der Waals surface area contributed by atoms with E-state index in [0.29, 0.717) is 23.1 Å². The average Bonchev–Trinajstić information content (AvgIpc) is 3.20. The molecule has 0 radical (unpaired) electrons. The van der Waals surface area contributed by atoms with Crippen molar-refractivity contribution in [2.24, 2.45) is 11.3 Å². The molecule has 2 aliphatic rings. The van der Waals surface area contributed by atoms with Crippen molar-refractivity contribution < 1.29 is 22.7 Å². The molecule has 0 spiro atoms. The summed E-state index contributed by atoms with van der Waals surface area (Å²) in [6.45, 7) is 8.40. The number of carbonyl (C=O) groups is 1. The standard InChI is InChI=1S/C29H35F3N4O2/c1-19-15-22(18-28(2,3)17-19)36-25-16-20(26(37)35-13-5-4-6-14-35)7-12-24(25)34-27(36)33-21-8-10-23(11-9-21)38-29(30,31)32/h7-12,16,19,22H,4-6,13-15,17-18H2,1-3H3,(H,33,34)/t19-,22+/m1/s1. The molecule has 2 fully saturated rings. The van der Waals surface area contributed by atoms with Gasteiger partial charge < -0.3 is 19.5 Å². The lowest BCUT2D eigenvalue weighted by atomic mass is 9.70. The first-order valence-electron chi connectivity index (χ1n) is 13.4. The number of nitrogens with one attached hydrogen (secondary N) is 1. The molecule has 2 heterocycles. The quantitative estimate of drug-likeness (QED) is 0.369. The normalized spacial score (nSPS) is 21.9. The largest absolute Gasteiger partial charge is 0.573 e. The first kappa shape index (κ1) is 26.4. The van der Waals surface area contributed by atoms with Gasteiger partial charge >= 0.3 is 6.36 Å². The second kappa shape index (κ2) is 10.2. The molecule has 6 nitrogen and oxygen atoms in total. The molecule has 2 aromatic carbocycles. The van der Waals surface area contributed by atoms with Gasteiger partial charge in [-0.1, -0.05) is 20.8 Å². The predicted octanol–water partition coefficient (Wildman–Crippen LogP) is 7.69. The van der Waals surface area contributed by atoms with E-state index in [-0.39, 0.29) is 23.1 Å². The van der Waals surface area contributed by atoms with Gasteiger partial charge in [-0.15, -0.1) is 13.2 Å². The van der Waals surface area contributed by atoms with Crippen LogP contribution in [0.15, 0.2) is 42.5 Å². The third kappa shape index (κ3) is 5.92. The van der Waals surface area contributed by atoms with Gasteiger partial charge in [-0.05, 0) is 92.3 Å². The topological polar surface area (TPSA) is 59.4 Å². The second-order valence-electron chi connectivity index (χ2n) is 11.6. The van der Waals surface area contributed by atoms with Crippen LogP contribution in [0.2, 0.25) is 0 Å². The maximum atomic E-state index is 13.3. The van der Waals surface area contributed by atoms with E-state index in [9.17, 15) is 18.0 Å². The number of benzene rings is 2. The lowest BCUT2D eigenvalue weighted by molar-refractivity contribution is -0.274. The molecule has 1 aliphatic heterocycles. The van der Waals surface area contributed by atoms with Crippen LogP contribution in [0, 0.1) is 11.3 Å². The van der Waals surface area contributed by atoms with Crippen LogP contribution in [0.5, 0.6) is 5.75 Å². The number of anilines is 2. The molecule has 1 N–H and O–H groups in total. The Labute approximate surface area is 221 Å². The molecule has 0 bridgehead atoms. The molecule has 1 amide bonds. The number of alkyl halides is 3. The van der Waals surface area contributed by atoms with Gasteiger partial charge in [0.1, 0.15) is 5.75 Å². The van der Waals surface area contributed by atoms with E-state index in [0.717, 1.165) is 62.6 Å². The van der Waals surface area contributed by atoms with E-state index in [1.165, 1.54) is 12.1 Å². The fourth-order valence-electron chi connectivity index (χ4n) is 6.32. The van der Waals surface area contributed by atoms with Gasteiger partial charge in [0.25, 0.3) is 5.91 Å². The summed E-state index contributed by atoms with van der Waals surface area (Å²) in [6, 6.07) is 11.5. The van der Waals surface area contributed by atoms with Crippen LogP contribution < -0.4 is 10.1 Å². The number of aromatic nitrogens is 2. The Morgan fingerprint density at radius 3 is 2.42 bits per heavy atom. The zero-order chi connectivity index (χ0) is 27.1. The minimum absolute atomic E-state index is 0.0476. The van der Waals surface area contributed by atoms with Gasteiger partial charge in [0.2, 0.25) is 5.95 Å². The molecule has 1 saturated heterocycles. The molecule has 204 valence electrons. The maximum Gasteiger partial charge on any atom is 0.573 e. The van der Waals surface area contributed by atoms with Crippen LogP contribution in [0.1, 0.15) is 75.7 Å². The minimum atomic E-state index is -4.74. The van der Waals surface area contributed by atoms with Crippen molar-refractivity contribution in [2.45, 2.75) is 71.7 Å². The van der Waals surface area contributed by atoms with Crippen LogP contribution >= 0.6 is 0 Å². The van der Waals surface area contributed by atoms with Gasteiger partial charge in [0.15, 0.2) is 0 Å². The van der Waals surface area contributed by atoms with Crippen molar-refractivity contribution in [1.29, 1.82) is 0 Å². The number of likely N-dealkylation sites (tertiary alicyclic amines) is 1. The summed E-state index contributed by atoms with van der Waals surface area (Å²) in [5, 5.41) is 3.32. The maximum absolute atomic E-state index is 13.3. The smallest absolute Gasteiger partial charge is 0.406 e. The van der Waals surface area contributed by atoms with Gasteiger partial charge in [0, 0.05) is 30.4 Å². The molecule has 9 heteroatoms. The van der Waals surface area contributed by atoms with E-state index in [4.69, 9.17) is 4.98 Å². The highest BCUT2D eigenvalue weighted by atomic mass is 19.4. The summed E-state index contributed by atoms with van der Waals surface area (Å²) >= 11 is 0. The SMILES string of the molecule is C[C@@H]1C[C@H](n2c(Nc3ccc(OC(F)(F)F)cc3)nc3ccc(C(=O)N4CCCCC4)cc32)CC(C)(C)C1. The Morgan fingerprint density at radius 1 is 1.05 bits per heavy atom. The van der Waals surface area contributed by atoms with E-state index in [1.807, 2.05) is 23.1 Å². The number of hydrogen-bond acceptors (Lipinski definition) is 4. The summed E-state index contributed by atoms with van der Waals surface area (Å²) in [4.78, 5) is 20.1. The Balaban J connectivity index is 1.52. The minimum Gasteiger partial charge on any atom is -0.406 e. The molecule has 5 rings (SSSR count). The number of piperidine rings is 1. The van der Waals surface area contributed by atoms with Gasteiger partial charge in [-0.3, -0.25) is 4.79 Å². The fraction of sp³-hybridized carbons (Fsp3) is 0.517. The number of carbonyl (C=O) groups excluding carboxylic acids is 1. The lowest BCUT2D eigenvalue weighted by Gasteiger charge is -2.40. The van der Waals surface area contributed by atoms with Crippen LogP contribution in [-0.4, -0.2) is 39.8 Å². The Hall–Kier alpha value is -3.23. The number of ether oxygens (including phenoxy) is 1. The number of rotatable bonds is 5. The molecule has 1 aromatic heterocycles. The van der Waals surface area contributed by atoms with Crippen LogP contribution in [-0.2, 0) is 0 Å². The number of amides is 1. The highest BCUT2D eigenvalue weighted by Gasteiger charge is 2.35. The molecule has 1 aliphatic carbocycles. The zero-order valence-corrected chi connectivity index (χ0v) is 22.1. The highest BCUT2D eigenvalue weighted by Crippen LogP contribution is 2.46. The third-order valence-electron chi connectivity index (χ3n) is 7.65. The number of hydrogen-bond donors (Lipinski definition) is 1. The molecule has 1 saturated carbocycles. The monoisotopic (exact) mass is 528 g/mol. The van der Waals surface area contributed by atoms with E-state index in [2.05, 4.69) is 35.4 Å². The van der Waals surface area contributed by atoms with E-state index < -0.39 is 6.36 Å². The van der Waals surface area contributed by atoms with Crippen LogP contribution in [0.25, 0.3) is 11.0 Å². The Bertz CT molecular complexity index is 1290. The van der Waals surface area contributed by atoms with Crippen LogP contribution in [0.4, 0.5) is 24.8 Å². The third-order valence-corrected chi connectivity index (χ3v) is 7.65. The molecule has 38 heavy (non-hydrogen) atoms. The molecular formula is C29H35F3N4O2. The highest BCUT2D eigenvalue weighted by molar-refractivity contribution is 5.98. The molecular weight excluding hydrogens is 493 g/mol. The number of nitrogens with zero attached hydrogens (tertiary/aromatic N) is 3. The van der Waals surface area contributed by atoms with Crippen molar-refractivity contribution in [3.63, 3.8) is 0 Å². The van der Waals surface area contributed by atoms with E-state index in [1.54, 1.807) is 12.1 Å². The average molecular weight is 529 g/mol.